The number of carbonyl (C=O) groups is 2. The number of carboxylic acid groups (broad SMARTS) is 1. The van der Waals surface area contributed by atoms with Crippen LogP contribution in [-0.4, -0.2) is 28.3 Å². The van der Waals surface area contributed by atoms with Crippen LogP contribution in [0.15, 0.2) is 0 Å². The van der Waals surface area contributed by atoms with Crippen molar-refractivity contribution in [3.05, 3.63) is 0 Å². The molecule has 5 heteroatoms. The number of ether oxygens (including phenoxy) is 1. The Morgan fingerprint density at radius 3 is 2.16 bits per heavy atom. The zero-order valence-corrected chi connectivity index (χ0v) is 12.7. The Labute approximate surface area is 115 Å². The molecule has 0 bridgehead atoms. The zero-order valence-electron chi connectivity index (χ0n) is 12.7. The summed E-state index contributed by atoms with van der Waals surface area (Å²) in [5.74, 6) is -0.908. The van der Waals surface area contributed by atoms with Crippen molar-refractivity contribution < 1.29 is 19.4 Å². The van der Waals surface area contributed by atoms with Crippen molar-refractivity contribution in [3.8, 4) is 0 Å². The summed E-state index contributed by atoms with van der Waals surface area (Å²) < 4.78 is 5.21. The summed E-state index contributed by atoms with van der Waals surface area (Å²) in [7, 11) is 0. The quantitative estimate of drug-likeness (QED) is 0.746. The third-order valence-electron chi connectivity index (χ3n) is 2.94. The van der Waals surface area contributed by atoms with E-state index in [0.717, 1.165) is 12.8 Å². The molecular formula is C14H27NO4. The monoisotopic (exact) mass is 273 g/mol. The lowest BCUT2D eigenvalue weighted by Gasteiger charge is -2.33. The number of unbranched alkanes of at least 4 members (excludes halogenated alkanes) is 1. The number of aliphatic carboxylic acids is 1. The van der Waals surface area contributed by atoms with Gasteiger partial charge in [0, 0.05) is 0 Å². The van der Waals surface area contributed by atoms with E-state index >= 15 is 0 Å². The maximum atomic E-state index is 11.9. The molecule has 0 spiro atoms. The lowest BCUT2D eigenvalue weighted by Crippen LogP contribution is -2.51. The maximum Gasteiger partial charge on any atom is 0.408 e. The second-order valence-corrected chi connectivity index (χ2v) is 5.93. The van der Waals surface area contributed by atoms with E-state index in [1.54, 1.807) is 20.8 Å². The van der Waals surface area contributed by atoms with Crippen LogP contribution in [0.5, 0.6) is 0 Å². The van der Waals surface area contributed by atoms with Gasteiger partial charge >= 0.3 is 12.1 Å². The van der Waals surface area contributed by atoms with Crippen molar-refractivity contribution in [1.29, 1.82) is 0 Å². The first kappa shape index (κ1) is 17.7. The van der Waals surface area contributed by atoms with E-state index in [0.29, 0.717) is 12.8 Å². The molecule has 0 aromatic rings. The van der Waals surface area contributed by atoms with Crippen LogP contribution in [0.1, 0.15) is 66.7 Å². The number of carbonyl (C=O) groups excluding carboxylic acids is 1. The summed E-state index contributed by atoms with van der Waals surface area (Å²) >= 11 is 0. The number of carboxylic acids is 1. The number of nitrogens with one attached hydrogen (secondary N) is 1. The highest BCUT2D eigenvalue weighted by Gasteiger charge is 2.33. The number of hydrogen-bond donors (Lipinski definition) is 2. The van der Waals surface area contributed by atoms with Gasteiger partial charge in [-0.2, -0.15) is 0 Å². The maximum absolute atomic E-state index is 11.9. The average molecular weight is 273 g/mol. The topological polar surface area (TPSA) is 75.6 Å². The number of amides is 1. The molecule has 1 amide bonds. The van der Waals surface area contributed by atoms with Gasteiger partial charge in [-0.1, -0.05) is 26.7 Å². The molecular weight excluding hydrogens is 246 g/mol. The Kier molecular flexibility index (Phi) is 6.87. The third-order valence-corrected chi connectivity index (χ3v) is 2.94. The van der Waals surface area contributed by atoms with Crippen LogP contribution >= 0.6 is 0 Å². The fourth-order valence-corrected chi connectivity index (χ4v) is 1.91. The van der Waals surface area contributed by atoms with E-state index in [1.165, 1.54) is 0 Å². The molecule has 0 rings (SSSR count). The Hall–Kier alpha value is -1.26. The second-order valence-electron chi connectivity index (χ2n) is 5.93. The van der Waals surface area contributed by atoms with Gasteiger partial charge in [-0.25, -0.2) is 4.79 Å². The largest absolute Gasteiger partial charge is 0.481 e. The SMILES string of the molecule is CCCCC(CC)(CC(=O)O)NC(=O)OC(C)(C)C. The van der Waals surface area contributed by atoms with Crippen LogP contribution < -0.4 is 5.32 Å². The molecule has 0 aliphatic carbocycles. The van der Waals surface area contributed by atoms with Crippen LogP contribution in [0.2, 0.25) is 0 Å². The fourth-order valence-electron chi connectivity index (χ4n) is 1.91. The summed E-state index contributed by atoms with van der Waals surface area (Å²) in [6.07, 6.45) is 2.41. The molecule has 5 nitrogen and oxygen atoms in total. The number of alkyl carbamates (subject to hydrolysis) is 1. The standard InChI is InChI=1S/C14H27NO4/c1-6-8-9-14(7-2,10-11(16)17)15-12(18)19-13(3,4)5/h6-10H2,1-5H3,(H,15,18)(H,16,17). The fraction of sp³-hybridized carbons (Fsp3) is 0.857. The highest BCUT2D eigenvalue weighted by molar-refractivity contribution is 5.72. The van der Waals surface area contributed by atoms with Crippen molar-refractivity contribution in [3.63, 3.8) is 0 Å². The van der Waals surface area contributed by atoms with E-state index < -0.39 is 23.2 Å². The Morgan fingerprint density at radius 1 is 1.21 bits per heavy atom. The highest BCUT2D eigenvalue weighted by atomic mass is 16.6. The first-order valence-electron chi connectivity index (χ1n) is 6.87. The minimum atomic E-state index is -0.908. The first-order valence-corrected chi connectivity index (χ1v) is 6.87. The normalized spacial score (nSPS) is 14.6. The van der Waals surface area contributed by atoms with Gasteiger partial charge < -0.3 is 15.2 Å². The average Bonchev–Trinajstić information content (AvgIpc) is 2.22. The van der Waals surface area contributed by atoms with Gasteiger partial charge in [0.15, 0.2) is 0 Å². The minimum absolute atomic E-state index is 0.0806. The van der Waals surface area contributed by atoms with Gasteiger partial charge in [0.2, 0.25) is 0 Å². The highest BCUT2D eigenvalue weighted by Crippen LogP contribution is 2.24. The van der Waals surface area contributed by atoms with Crippen LogP contribution in [0.3, 0.4) is 0 Å². The summed E-state index contributed by atoms with van der Waals surface area (Å²) in [6, 6.07) is 0. The third kappa shape index (κ3) is 7.70. The zero-order chi connectivity index (χ0) is 15.1. The van der Waals surface area contributed by atoms with Crippen molar-refractivity contribution in [2.24, 2.45) is 0 Å². The summed E-state index contributed by atoms with van der Waals surface area (Å²) in [6.45, 7) is 9.26. The van der Waals surface area contributed by atoms with Gasteiger partial charge in [-0.05, 0) is 33.6 Å². The van der Waals surface area contributed by atoms with E-state index in [1.807, 2.05) is 13.8 Å². The lowest BCUT2D eigenvalue weighted by molar-refractivity contribution is -0.138. The van der Waals surface area contributed by atoms with Crippen molar-refractivity contribution in [2.45, 2.75) is 77.9 Å². The molecule has 19 heavy (non-hydrogen) atoms. The summed E-state index contributed by atoms with van der Waals surface area (Å²) in [4.78, 5) is 22.9. The molecule has 2 N–H and O–H groups in total. The van der Waals surface area contributed by atoms with Crippen LogP contribution in [0.25, 0.3) is 0 Å². The molecule has 1 atom stereocenters. The first-order chi connectivity index (χ1) is 8.64. The summed E-state index contributed by atoms with van der Waals surface area (Å²) in [5, 5.41) is 11.8. The Morgan fingerprint density at radius 2 is 1.79 bits per heavy atom. The number of rotatable bonds is 7. The van der Waals surface area contributed by atoms with E-state index in [4.69, 9.17) is 9.84 Å². The van der Waals surface area contributed by atoms with Gasteiger partial charge in [0.25, 0.3) is 0 Å². The molecule has 0 radical (unpaired) electrons. The van der Waals surface area contributed by atoms with Crippen molar-refractivity contribution in [2.75, 3.05) is 0 Å². The minimum Gasteiger partial charge on any atom is -0.481 e. The predicted octanol–water partition coefficient (Wildman–Crippen LogP) is 3.32. The van der Waals surface area contributed by atoms with Gasteiger partial charge in [-0.3, -0.25) is 4.79 Å². The molecule has 0 aromatic carbocycles. The number of hydrogen-bond acceptors (Lipinski definition) is 3. The Bertz CT molecular complexity index is 309. The van der Waals surface area contributed by atoms with Crippen molar-refractivity contribution in [1.82, 2.24) is 5.32 Å². The molecule has 0 aliphatic heterocycles. The molecule has 1 unspecified atom stereocenters. The smallest absolute Gasteiger partial charge is 0.408 e. The molecule has 0 saturated heterocycles. The molecule has 112 valence electrons. The molecule has 0 fully saturated rings. The lowest BCUT2D eigenvalue weighted by atomic mass is 9.86. The van der Waals surface area contributed by atoms with Gasteiger partial charge in [0.05, 0.1) is 12.0 Å². The van der Waals surface area contributed by atoms with E-state index in [-0.39, 0.29) is 6.42 Å². The van der Waals surface area contributed by atoms with Crippen LogP contribution in [-0.2, 0) is 9.53 Å². The molecule has 0 heterocycles. The molecule has 0 aromatic heterocycles. The Balaban J connectivity index is 4.81. The second kappa shape index (κ2) is 7.36. The van der Waals surface area contributed by atoms with Gasteiger partial charge in [0.1, 0.15) is 5.60 Å². The predicted molar refractivity (Wildman–Crippen MR) is 74.2 cm³/mol. The van der Waals surface area contributed by atoms with E-state index in [9.17, 15) is 9.59 Å². The van der Waals surface area contributed by atoms with Crippen molar-refractivity contribution >= 4 is 12.1 Å². The van der Waals surface area contributed by atoms with Crippen LogP contribution in [0, 0.1) is 0 Å². The molecule has 0 saturated carbocycles. The van der Waals surface area contributed by atoms with Crippen LogP contribution in [0.4, 0.5) is 4.79 Å². The van der Waals surface area contributed by atoms with Gasteiger partial charge in [-0.15, -0.1) is 0 Å². The summed E-state index contributed by atoms with van der Waals surface area (Å²) in [5.41, 5.74) is -1.30. The molecule has 0 aliphatic rings. The van der Waals surface area contributed by atoms with E-state index in [2.05, 4.69) is 5.32 Å².